The van der Waals surface area contributed by atoms with Crippen LogP contribution in [0.1, 0.15) is 31.4 Å². The van der Waals surface area contributed by atoms with E-state index in [4.69, 9.17) is 19.9 Å². The minimum atomic E-state index is -0.294. The smallest absolute Gasteiger partial charge is 0.122 e. The summed E-state index contributed by atoms with van der Waals surface area (Å²) in [4.78, 5) is 0. The van der Waals surface area contributed by atoms with Crippen LogP contribution in [0.25, 0.3) is 0 Å². The molecule has 1 saturated heterocycles. The van der Waals surface area contributed by atoms with Crippen molar-refractivity contribution in [2.75, 3.05) is 20.8 Å². The quantitative estimate of drug-likeness (QED) is 0.892. The number of benzene rings is 1. The molecule has 0 aromatic heterocycles. The molecule has 2 N–H and O–H groups in total. The average molecular weight is 251 g/mol. The van der Waals surface area contributed by atoms with Gasteiger partial charge in [0.15, 0.2) is 0 Å². The number of nitrogens with two attached hydrogens (primary N) is 1. The van der Waals surface area contributed by atoms with E-state index in [-0.39, 0.29) is 11.6 Å². The van der Waals surface area contributed by atoms with Crippen LogP contribution in [0.4, 0.5) is 0 Å². The first-order valence-corrected chi connectivity index (χ1v) is 6.21. The van der Waals surface area contributed by atoms with Gasteiger partial charge in [-0.25, -0.2) is 0 Å². The molecule has 4 heteroatoms. The van der Waals surface area contributed by atoms with Crippen LogP contribution >= 0.6 is 0 Å². The van der Waals surface area contributed by atoms with Crippen molar-refractivity contribution in [2.45, 2.75) is 31.4 Å². The lowest BCUT2D eigenvalue weighted by atomic mass is 9.88. The Bertz CT molecular complexity index is 391. The fraction of sp³-hybridized carbons (Fsp3) is 0.571. The Kier molecular flexibility index (Phi) is 3.78. The van der Waals surface area contributed by atoms with Crippen LogP contribution in [-0.2, 0) is 4.74 Å². The molecule has 0 amide bonds. The van der Waals surface area contributed by atoms with Gasteiger partial charge in [-0.2, -0.15) is 0 Å². The van der Waals surface area contributed by atoms with Gasteiger partial charge in [-0.1, -0.05) is 0 Å². The minimum absolute atomic E-state index is 0.177. The highest BCUT2D eigenvalue weighted by Gasteiger charge is 2.37. The lowest BCUT2D eigenvalue weighted by Gasteiger charge is -2.31. The molecule has 0 aliphatic carbocycles. The highest BCUT2D eigenvalue weighted by molar-refractivity contribution is 5.40. The number of hydrogen-bond acceptors (Lipinski definition) is 4. The topological polar surface area (TPSA) is 53.7 Å². The van der Waals surface area contributed by atoms with Gasteiger partial charge in [0, 0.05) is 12.7 Å². The highest BCUT2D eigenvalue weighted by atomic mass is 16.5. The summed E-state index contributed by atoms with van der Waals surface area (Å²) >= 11 is 0. The lowest BCUT2D eigenvalue weighted by Crippen LogP contribution is -2.37. The van der Waals surface area contributed by atoms with Crippen molar-refractivity contribution in [3.8, 4) is 11.5 Å². The summed E-state index contributed by atoms with van der Waals surface area (Å²) in [7, 11) is 3.27. The van der Waals surface area contributed by atoms with Crippen LogP contribution in [0.15, 0.2) is 18.2 Å². The molecule has 4 nitrogen and oxygen atoms in total. The molecule has 1 aromatic carbocycles. The molecule has 1 aliphatic heterocycles. The largest absolute Gasteiger partial charge is 0.497 e. The number of methoxy groups -OCH3 is 2. The molecule has 2 rings (SSSR count). The second-order valence-corrected chi connectivity index (χ2v) is 4.89. The van der Waals surface area contributed by atoms with E-state index >= 15 is 0 Å². The molecule has 0 radical (unpaired) electrons. The third-order valence-electron chi connectivity index (χ3n) is 3.64. The van der Waals surface area contributed by atoms with Crippen molar-refractivity contribution in [1.29, 1.82) is 0 Å². The van der Waals surface area contributed by atoms with E-state index in [1.807, 2.05) is 18.2 Å². The molecule has 0 bridgehead atoms. The van der Waals surface area contributed by atoms with E-state index < -0.39 is 0 Å². The maximum atomic E-state index is 6.35. The van der Waals surface area contributed by atoms with Crippen LogP contribution in [0.5, 0.6) is 11.5 Å². The Hall–Kier alpha value is -1.26. The van der Waals surface area contributed by atoms with Crippen molar-refractivity contribution >= 4 is 0 Å². The second-order valence-electron chi connectivity index (χ2n) is 4.89. The van der Waals surface area contributed by atoms with E-state index in [0.29, 0.717) is 0 Å². The molecule has 0 saturated carbocycles. The Morgan fingerprint density at radius 3 is 2.28 bits per heavy atom. The molecule has 1 aliphatic rings. The predicted octanol–water partition coefficient (Wildman–Crippen LogP) is 2.27. The van der Waals surface area contributed by atoms with Gasteiger partial charge in [-0.3, -0.25) is 0 Å². The third kappa shape index (κ3) is 2.44. The summed E-state index contributed by atoms with van der Waals surface area (Å²) in [6.07, 6.45) is 2.04. The molecule has 2 atom stereocenters. The molecule has 1 fully saturated rings. The first-order valence-electron chi connectivity index (χ1n) is 6.21. The Balaban J connectivity index is 2.31. The molecular weight excluding hydrogens is 230 g/mol. The zero-order chi connectivity index (χ0) is 13.2. The normalized spacial score (nSPS) is 24.9. The fourth-order valence-electron chi connectivity index (χ4n) is 2.41. The van der Waals surface area contributed by atoms with Crippen LogP contribution in [0.3, 0.4) is 0 Å². The van der Waals surface area contributed by atoms with Gasteiger partial charge in [-0.05, 0) is 37.5 Å². The fourth-order valence-corrected chi connectivity index (χ4v) is 2.41. The maximum absolute atomic E-state index is 6.35. The van der Waals surface area contributed by atoms with Crippen molar-refractivity contribution in [3.05, 3.63) is 23.8 Å². The summed E-state index contributed by atoms with van der Waals surface area (Å²) in [6.45, 7) is 2.85. The van der Waals surface area contributed by atoms with Crippen LogP contribution in [0, 0.1) is 0 Å². The highest BCUT2D eigenvalue weighted by Crippen LogP contribution is 2.38. The SMILES string of the molecule is COc1cc(OC)cc(C(N)C2(C)CCCO2)c1. The first-order chi connectivity index (χ1) is 8.59. The molecule has 0 spiro atoms. The van der Waals surface area contributed by atoms with E-state index in [0.717, 1.165) is 36.5 Å². The van der Waals surface area contributed by atoms with Crippen molar-refractivity contribution in [3.63, 3.8) is 0 Å². The van der Waals surface area contributed by atoms with Crippen LogP contribution < -0.4 is 15.2 Å². The monoisotopic (exact) mass is 251 g/mol. The van der Waals surface area contributed by atoms with Crippen molar-refractivity contribution in [1.82, 2.24) is 0 Å². The van der Waals surface area contributed by atoms with Gasteiger partial charge in [-0.15, -0.1) is 0 Å². The summed E-state index contributed by atoms with van der Waals surface area (Å²) in [5.74, 6) is 1.50. The van der Waals surface area contributed by atoms with Crippen molar-refractivity contribution < 1.29 is 14.2 Å². The van der Waals surface area contributed by atoms with Gasteiger partial charge in [0.1, 0.15) is 11.5 Å². The Labute approximate surface area is 108 Å². The zero-order valence-electron chi connectivity index (χ0n) is 11.2. The zero-order valence-corrected chi connectivity index (χ0v) is 11.2. The molecule has 2 unspecified atom stereocenters. The first kappa shape index (κ1) is 13.2. The van der Waals surface area contributed by atoms with Gasteiger partial charge in [0.2, 0.25) is 0 Å². The van der Waals surface area contributed by atoms with E-state index in [1.165, 1.54) is 0 Å². The average Bonchev–Trinajstić information content (AvgIpc) is 2.85. The van der Waals surface area contributed by atoms with E-state index in [9.17, 15) is 0 Å². The summed E-state index contributed by atoms with van der Waals surface area (Å²) in [5, 5.41) is 0. The summed E-state index contributed by atoms with van der Waals surface area (Å²) < 4.78 is 16.3. The predicted molar refractivity (Wildman–Crippen MR) is 70.1 cm³/mol. The van der Waals surface area contributed by atoms with Gasteiger partial charge in [0.05, 0.1) is 25.9 Å². The van der Waals surface area contributed by atoms with Gasteiger partial charge in [0.25, 0.3) is 0 Å². The molecule has 100 valence electrons. The van der Waals surface area contributed by atoms with Gasteiger partial charge >= 0.3 is 0 Å². The second kappa shape index (κ2) is 5.16. The molecule has 1 aromatic rings. The maximum Gasteiger partial charge on any atom is 0.122 e. The summed E-state index contributed by atoms with van der Waals surface area (Å²) in [6, 6.07) is 5.55. The number of hydrogen-bond donors (Lipinski definition) is 1. The summed E-state index contributed by atoms with van der Waals surface area (Å²) in [5.41, 5.74) is 7.03. The van der Waals surface area contributed by atoms with Crippen molar-refractivity contribution in [2.24, 2.45) is 5.73 Å². The van der Waals surface area contributed by atoms with E-state index in [1.54, 1.807) is 14.2 Å². The number of rotatable bonds is 4. The lowest BCUT2D eigenvalue weighted by molar-refractivity contribution is -0.00180. The Morgan fingerprint density at radius 1 is 1.22 bits per heavy atom. The third-order valence-corrected chi connectivity index (χ3v) is 3.64. The van der Waals surface area contributed by atoms with Crippen LogP contribution in [0.2, 0.25) is 0 Å². The number of ether oxygens (including phenoxy) is 3. The van der Waals surface area contributed by atoms with Crippen LogP contribution in [-0.4, -0.2) is 26.4 Å². The molecular formula is C14H21NO3. The molecule has 1 heterocycles. The van der Waals surface area contributed by atoms with Gasteiger partial charge < -0.3 is 19.9 Å². The Morgan fingerprint density at radius 2 is 1.83 bits per heavy atom. The minimum Gasteiger partial charge on any atom is -0.497 e. The van der Waals surface area contributed by atoms with E-state index in [2.05, 4.69) is 6.92 Å². The molecule has 18 heavy (non-hydrogen) atoms. The standard InChI is InChI=1S/C14H21NO3/c1-14(5-4-6-18-14)13(15)10-7-11(16-2)9-12(8-10)17-3/h7-9,13H,4-6,15H2,1-3H3.